The van der Waals surface area contributed by atoms with Crippen molar-refractivity contribution in [2.45, 2.75) is 0 Å². The van der Waals surface area contributed by atoms with Gasteiger partial charge in [0.25, 0.3) is 5.89 Å². The Morgan fingerprint density at radius 1 is 0.864 bits per heavy atom. The topological polar surface area (TPSA) is 38.9 Å². The first kappa shape index (κ1) is 13.0. The Morgan fingerprint density at radius 2 is 1.77 bits per heavy atom. The van der Waals surface area contributed by atoms with Crippen molar-refractivity contribution < 1.29 is 4.42 Å². The monoisotopic (exact) mass is 304 g/mol. The lowest BCUT2D eigenvalue weighted by atomic mass is 10.0. The SMILES string of the molecule is C(=C\c1cccc2ccccc12)/c1nnc(-c2cccs2)o1. The van der Waals surface area contributed by atoms with E-state index in [2.05, 4.69) is 34.5 Å². The third kappa shape index (κ3) is 2.44. The molecule has 0 saturated carbocycles. The van der Waals surface area contributed by atoms with E-state index < -0.39 is 0 Å². The summed E-state index contributed by atoms with van der Waals surface area (Å²) in [5.41, 5.74) is 1.13. The van der Waals surface area contributed by atoms with Crippen LogP contribution in [0.2, 0.25) is 0 Å². The summed E-state index contributed by atoms with van der Waals surface area (Å²) >= 11 is 1.59. The maximum absolute atomic E-state index is 5.66. The van der Waals surface area contributed by atoms with Gasteiger partial charge in [0.15, 0.2) is 0 Å². The highest BCUT2D eigenvalue weighted by Gasteiger charge is 2.07. The molecule has 2 heterocycles. The molecule has 0 aliphatic carbocycles. The van der Waals surface area contributed by atoms with Crippen molar-refractivity contribution in [3.8, 4) is 10.8 Å². The lowest BCUT2D eigenvalue weighted by Gasteiger charge is -2.00. The fourth-order valence-electron chi connectivity index (χ4n) is 2.36. The van der Waals surface area contributed by atoms with Crippen LogP contribution >= 0.6 is 11.3 Å². The van der Waals surface area contributed by atoms with Gasteiger partial charge >= 0.3 is 0 Å². The van der Waals surface area contributed by atoms with Gasteiger partial charge in [0, 0.05) is 6.08 Å². The second-order valence-corrected chi connectivity index (χ2v) is 5.77. The Labute approximate surface area is 131 Å². The molecule has 0 N–H and O–H groups in total. The summed E-state index contributed by atoms with van der Waals surface area (Å²) in [5.74, 6) is 1.07. The Morgan fingerprint density at radius 3 is 2.68 bits per heavy atom. The first-order chi connectivity index (χ1) is 10.9. The average molecular weight is 304 g/mol. The highest BCUT2D eigenvalue weighted by molar-refractivity contribution is 7.13. The van der Waals surface area contributed by atoms with E-state index in [1.165, 1.54) is 10.8 Å². The summed E-state index contributed by atoms with van der Waals surface area (Å²) in [7, 11) is 0. The van der Waals surface area contributed by atoms with E-state index in [9.17, 15) is 0 Å². The predicted octanol–water partition coefficient (Wildman–Crippen LogP) is 5.12. The second kappa shape index (κ2) is 5.58. The van der Waals surface area contributed by atoms with Crippen molar-refractivity contribution >= 4 is 34.3 Å². The summed E-state index contributed by atoms with van der Waals surface area (Å²) in [5, 5.41) is 12.6. The van der Waals surface area contributed by atoms with Gasteiger partial charge in [-0.15, -0.1) is 21.5 Å². The molecular weight excluding hydrogens is 292 g/mol. The Hall–Kier alpha value is -2.72. The molecule has 0 unspecified atom stereocenters. The predicted molar refractivity (Wildman–Crippen MR) is 90.5 cm³/mol. The van der Waals surface area contributed by atoms with Crippen LogP contribution in [0.5, 0.6) is 0 Å². The molecule has 0 aliphatic rings. The number of hydrogen-bond acceptors (Lipinski definition) is 4. The van der Waals surface area contributed by atoms with E-state index in [0.29, 0.717) is 11.8 Å². The molecule has 22 heavy (non-hydrogen) atoms. The molecule has 4 aromatic rings. The molecule has 4 heteroatoms. The van der Waals surface area contributed by atoms with Crippen molar-refractivity contribution in [2.24, 2.45) is 0 Å². The lowest BCUT2D eigenvalue weighted by molar-refractivity contribution is 0.559. The molecule has 3 nitrogen and oxygen atoms in total. The molecule has 0 saturated heterocycles. The van der Waals surface area contributed by atoms with Gasteiger partial charge in [0.05, 0.1) is 4.88 Å². The van der Waals surface area contributed by atoms with Crippen LogP contribution in [0.25, 0.3) is 33.7 Å². The van der Waals surface area contributed by atoms with Crippen molar-refractivity contribution in [1.82, 2.24) is 10.2 Å². The number of nitrogens with zero attached hydrogens (tertiary/aromatic N) is 2. The number of fused-ring (bicyclic) bond motifs is 1. The van der Waals surface area contributed by atoms with Gasteiger partial charge < -0.3 is 4.42 Å². The molecule has 106 valence electrons. The summed E-state index contributed by atoms with van der Waals surface area (Å²) < 4.78 is 5.66. The molecule has 0 bridgehead atoms. The van der Waals surface area contributed by atoms with Crippen LogP contribution in [0.4, 0.5) is 0 Å². The van der Waals surface area contributed by atoms with Crippen LogP contribution in [-0.4, -0.2) is 10.2 Å². The van der Waals surface area contributed by atoms with Gasteiger partial charge in [0.1, 0.15) is 0 Å². The Bertz CT molecular complexity index is 933. The van der Waals surface area contributed by atoms with E-state index in [0.717, 1.165) is 10.4 Å². The summed E-state index contributed by atoms with van der Waals surface area (Å²) in [4.78, 5) is 0.984. The van der Waals surface area contributed by atoms with Crippen LogP contribution in [0, 0.1) is 0 Å². The van der Waals surface area contributed by atoms with Crippen LogP contribution < -0.4 is 0 Å². The molecule has 0 radical (unpaired) electrons. The van der Waals surface area contributed by atoms with Gasteiger partial charge in [-0.25, -0.2) is 0 Å². The number of benzene rings is 2. The van der Waals surface area contributed by atoms with E-state index >= 15 is 0 Å². The van der Waals surface area contributed by atoms with Crippen LogP contribution in [-0.2, 0) is 0 Å². The zero-order valence-electron chi connectivity index (χ0n) is 11.6. The van der Waals surface area contributed by atoms with Gasteiger partial charge in [0.2, 0.25) is 5.89 Å². The summed E-state index contributed by atoms with van der Waals surface area (Å²) in [6.45, 7) is 0. The molecule has 0 atom stereocenters. The molecule has 0 amide bonds. The summed E-state index contributed by atoms with van der Waals surface area (Å²) in [6, 6.07) is 18.5. The van der Waals surface area contributed by atoms with Gasteiger partial charge in [-0.3, -0.25) is 0 Å². The number of rotatable bonds is 3. The quantitative estimate of drug-likeness (QED) is 0.527. The fraction of sp³-hybridized carbons (Fsp3) is 0. The van der Waals surface area contributed by atoms with Crippen molar-refractivity contribution in [1.29, 1.82) is 0 Å². The molecular formula is C18H12N2OS. The number of aromatic nitrogens is 2. The minimum Gasteiger partial charge on any atom is -0.416 e. The average Bonchev–Trinajstić information content (AvgIpc) is 3.24. The van der Waals surface area contributed by atoms with E-state index in [1.807, 2.05) is 47.9 Å². The Balaban J connectivity index is 1.66. The molecule has 0 aliphatic heterocycles. The van der Waals surface area contributed by atoms with E-state index in [1.54, 1.807) is 11.3 Å². The third-order valence-corrected chi connectivity index (χ3v) is 4.26. The van der Waals surface area contributed by atoms with E-state index in [4.69, 9.17) is 4.42 Å². The normalized spacial score (nSPS) is 11.5. The highest BCUT2D eigenvalue weighted by atomic mass is 32.1. The van der Waals surface area contributed by atoms with Gasteiger partial charge in [-0.05, 0) is 33.9 Å². The van der Waals surface area contributed by atoms with Crippen molar-refractivity contribution in [3.63, 3.8) is 0 Å². The van der Waals surface area contributed by atoms with Crippen molar-refractivity contribution in [2.75, 3.05) is 0 Å². The molecule has 4 rings (SSSR count). The van der Waals surface area contributed by atoms with E-state index in [-0.39, 0.29) is 0 Å². The summed E-state index contributed by atoms with van der Waals surface area (Å²) in [6.07, 6.45) is 3.86. The molecule has 2 aromatic carbocycles. The standard InChI is InChI=1S/C18H12N2OS/c1-2-8-15-13(5-1)6-3-7-14(15)10-11-17-19-20-18(21-17)16-9-4-12-22-16/h1-12H/b11-10+. The number of hydrogen-bond donors (Lipinski definition) is 0. The largest absolute Gasteiger partial charge is 0.416 e. The van der Waals surface area contributed by atoms with Gasteiger partial charge in [-0.2, -0.15) is 0 Å². The minimum atomic E-state index is 0.510. The molecule has 0 spiro atoms. The minimum absolute atomic E-state index is 0.510. The zero-order chi connectivity index (χ0) is 14.8. The third-order valence-electron chi connectivity index (χ3n) is 3.40. The smallest absolute Gasteiger partial charge is 0.258 e. The first-order valence-corrected chi connectivity index (χ1v) is 7.81. The maximum atomic E-state index is 5.66. The first-order valence-electron chi connectivity index (χ1n) is 6.93. The highest BCUT2D eigenvalue weighted by Crippen LogP contribution is 2.24. The lowest BCUT2D eigenvalue weighted by Crippen LogP contribution is -1.77. The second-order valence-electron chi connectivity index (χ2n) is 4.82. The zero-order valence-corrected chi connectivity index (χ0v) is 12.5. The van der Waals surface area contributed by atoms with Crippen LogP contribution in [0.15, 0.2) is 64.4 Å². The maximum Gasteiger partial charge on any atom is 0.258 e. The Kier molecular flexibility index (Phi) is 3.29. The molecule has 0 fully saturated rings. The fourth-order valence-corrected chi connectivity index (χ4v) is 3.00. The number of thiophene rings is 1. The van der Waals surface area contributed by atoms with Crippen LogP contribution in [0.1, 0.15) is 11.5 Å². The van der Waals surface area contributed by atoms with Gasteiger partial charge in [-0.1, -0.05) is 48.5 Å². The molecule has 2 aromatic heterocycles. The van der Waals surface area contributed by atoms with Crippen molar-refractivity contribution in [3.05, 3.63) is 71.4 Å². The van der Waals surface area contributed by atoms with Crippen LogP contribution in [0.3, 0.4) is 0 Å².